The van der Waals surface area contributed by atoms with Crippen LogP contribution in [-0.2, 0) is 4.79 Å². The lowest BCUT2D eigenvalue weighted by Gasteiger charge is -2.17. The maximum absolute atomic E-state index is 12.2. The molecule has 0 aliphatic heterocycles. The van der Waals surface area contributed by atoms with E-state index < -0.39 is 6.10 Å². The highest BCUT2D eigenvalue weighted by atomic mass is 35.5. The average molecular weight is 359 g/mol. The molecule has 1 unspecified atom stereocenters. The molecule has 0 fully saturated rings. The summed E-state index contributed by atoms with van der Waals surface area (Å²) in [5.74, 6) is 0.280. The topological polar surface area (TPSA) is 38.3 Å². The number of anilines is 1. The maximum atomic E-state index is 12.2. The van der Waals surface area contributed by atoms with Crippen molar-refractivity contribution < 1.29 is 9.53 Å². The minimum absolute atomic E-state index is 0.321. The van der Waals surface area contributed by atoms with Crippen LogP contribution in [0.25, 0.3) is 0 Å². The van der Waals surface area contributed by atoms with E-state index >= 15 is 0 Å². The van der Waals surface area contributed by atoms with Crippen molar-refractivity contribution in [1.82, 2.24) is 0 Å². The van der Waals surface area contributed by atoms with Gasteiger partial charge in [-0.15, -0.1) is 0 Å². The number of carbonyl (C=O) groups is 1. The molecule has 1 N–H and O–H groups in total. The first-order valence-electron chi connectivity index (χ1n) is 6.55. The van der Waals surface area contributed by atoms with Gasteiger partial charge in [-0.05, 0) is 55.8 Å². The van der Waals surface area contributed by atoms with Crippen LogP contribution in [0.5, 0.6) is 5.75 Å². The van der Waals surface area contributed by atoms with Crippen LogP contribution in [0.15, 0.2) is 36.4 Å². The number of amides is 1. The van der Waals surface area contributed by atoms with E-state index in [0.29, 0.717) is 26.5 Å². The van der Waals surface area contributed by atoms with Gasteiger partial charge in [0.05, 0.1) is 10.7 Å². The number of hydrogen-bond acceptors (Lipinski definition) is 2. The minimum Gasteiger partial charge on any atom is -0.481 e. The monoisotopic (exact) mass is 357 g/mol. The molecule has 0 saturated heterocycles. The van der Waals surface area contributed by atoms with Gasteiger partial charge in [-0.2, -0.15) is 0 Å². The van der Waals surface area contributed by atoms with Gasteiger partial charge in [0.2, 0.25) is 0 Å². The van der Waals surface area contributed by atoms with Crippen molar-refractivity contribution in [2.75, 3.05) is 5.32 Å². The van der Waals surface area contributed by atoms with Gasteiger partial charge >= 0.3 is 0 Å². The van der Waals surface area contributed by atoms with Crippen molar-refractivity contribution in [2.45, 2.75) is 20.0 Å². The molecule has 22 heavy (non-hydrogen) atoms. The second-order valence-electron chi connectivity index (χ2n) is 4.78. The summed E-state index contributed by atoms with van der Waals surface area (Å²) in [6.07, 6.45) is -0.699. The molecule has 116 valence electrons. The smallest absolute Gasteiger partial charge is 0.265 e. The average Bonchev–Trinajstić information content (AvgIpc) is 2.45. The standard InChI is InChI=1S/C16H14Cl3NO2/c1-9-7-11(17)4-6-15(9)22-10(2)16(21)20-14-8-12(18)3-5-13(14)19/h3-8,10H,1-2H3,(H,20,21). The largest absolute Gasteiger partial charge is 0.481 e. The predicted molar refractivity (Wildman–Crippen MR) is 91.4 cm³/mol. The molecule has 6 heteroatoms. The Hall–Kier alpha value is -1.42. The third kappa shape index (κ3) is 4.29. The van der Waals surface area contributed by atoms with Crippen LogP contribution < -0.4 is 10.1 Å². The van der Waals surface area contributed by atoms with E-state index in [2.05, 4.69) is 5.32 Å². The molecule has 1 atom stereocenters. The fraction of sp³-hybridized carbons (Fsp3) is 0.188. The summed E-state index contributed by atoms with van der Waals surface area (Å²) in [7, 11) is 0. The number of halogens is 3. The van der Waals surface area contributed by atoms with Gasteiger partial charge in [0.1, 0.15) is 5.75 Å². The van der Waals surface area contributed by atoms with Crippen molar-refractivity contribution in [3.63, 3.8) is 0 Å². The number of rotatable bonds is 4. The Bertz CT molecular complexity index is 704. The second-order valence-corrected chi connectivity index (χ2v) is 6.06. The molecule has 0 heterocycles. The van der Waals surface area contributed by atoms with Gasteiger partial charge in [0.25, 0.3) is 5.91 Å². The summed E-state index contributed by atoms with van der Waals surface area (Å²) in [5, 5.41) is 4.21. The normalized spacial score (nSPS) is 11.9. The van der Waals surface area contributed by atoms with Gasteiger partial charge < -0.3 is 10.1 Å². The van der Waals surface area contributed by atoms with Crippen LogP contribution in [-0.4, -0.2) is 12.0 Å². The number of aryl methyl sites for hydroxylation is 1. The zero-order valence-corrected chi connectivity index (χ0v) is 14.3. The molecule has 1 amide bonds. The van der Waals surface area contributed by atoms with Crippen molar-refractivity contribution in [2.24, 2.45) is 0 Å². The van der Waals surface area contributed by atoms with Crippen LogP contribution >= 0.6 is 34.8 Å². The van der Waals surface area contributed by atoms with Crippen molar-refractivity contribution >= 4 is 46.4 Å². The zero-order chi connectivity index (χ0) is 16.3. The van der Waals surface area contributed by atoms with Crippen molar-refractivity contribution in [3.05, 3.63) is 57.0 Å². The van der Waals surface area contributed by atoms with Gasteiger partial charge in [0.15, 0.2) is 6.10 Å². The highest BCUT2D eigenvalue weighted by Gasteiger charge is 2.17. The molecule has 3 nitrogen and oxygen atoms in total. The first-order valence-corrected chi connectivity index (χ1v) is 7.69. The molecule has 0 radical (unpaired) electrons. The van der Waals surface area contributed by atoms with E-state index in [-0.39, 0.29) is 5.91 Å². The van der Waals surface area contributed by atoms with E-state index in [1.807, 2.05) is 6.92 Å². The van der Waals surface area contributed by atoms with Gasteiger partial charge in [-0.25, -0.2) is 0 Å². The summed E-state index contributed by atoms with van der Waals surface area (Å²) >= 11 is 17.8. The summed E-state index contributed by atoms with van der Waals surface area (Å²) in [6, 6.07) is 10.1. The van der Waals surface area contributed by atoms with Gasteiger partial charge in [-0.3, -0.25) is 4.79 Å². The molecule has 0 saturated carbocycles. The van der Waals surface area contributed by atoms with E-state index in [9.17, 15) is 4.79 Å². The molecule has 2 aromatic carbocycles. The Kier molecular flexibility index (Phi) is 5.57. The molecule has 0 aliphatic carbocycles. The van der Waals surface area contributed by atoms with Gasteiger partial charge in [-0.1, -0.05) is 34.8 Å². The Balaban J connectivity index is 2.07. The number of ether oxygens (including phenoxy) is 1. The van der Waals surface area contributed by atoms with E-state index in [0.717, 1.165) is 5.56 Å². The summed E-state index contributed by atoms with van der Waals surface area (Å²) in [4.78, 5) is 12.2. The van der Waals surface area contributed by atoms with Crippen LogP contribution in [0.2, 0.25) is 15.1 Å². The molecular weight excluding hydrogens is 345 g/mol. The predicted octanol–water partition coefficient (Wildman–Crippen LogP) is 5.36. The molecule has 2 aromatic rings. The van der Waals surface area contributed by atoms with Crippen LogP contribution in [0.3, 0.4) is 0 Å². The minimum atomic E-state index is -0.699. The second kappa shape index (κ2) is 7.23. The molecule has 0 spiro atoms. The third-order valence-electron chi connectivity index (χ3n) is 3.00. The quantitative estimate of drug-likeness (QED) is 0.799. The van der Waals surface area contributed by atoms with E-state index in [1.54, 1.807) is 43.3 Å². The molecule has 0 bridgehead atoms. The highest BCUT2D eigenvalue weighted by Crippen LogP contribution is 2.26. The maximum Gasteiger partial charge on any atom is 0.265 e. The first kappa shape index (κ1) is 16.9. The molecule has 0 aromatic heterocycles. The lowest BCUT2D eigenvalue weighted by Crippen LogP contribution is -2.30. The van der Waals surface area contributed by atoms with Gasteiger partial charge in [0, 0.05) is 10.0 Å². The fourth-order valence-electron chi connectivity index (χ4n) is 1.82. The Labute approximate surface area is 144 Å². The van der Waals surface area contributed by atoms with Crippen LogP contribution in [0.1, 0.15) is 12.5 Å². The highest BCUT2D eigenvalue weighted by molar-refractivity contribution is 6.35. The van der Waals surface area contributed by atoms with E-state index in [1.165, 1.54) is 0 Å². The third-order valence-corrected chi connectivity index (χ3v) is 3.80. The van der Waals surface area contributed by atoms with Crippen LogP contribution in [0, 0.1) is 6.92 Å². The Morgan fingerprint density at radius 2 is 1.73 bits per heavy atom. The molecule has 2 rings (SSSR count). The van der Waals surface area contributed by atoms with Crippen LogP contribution in [0.4, 0.5) is 5.69 Å². The first-order chi connectivity index (χ1) is 10.4. The zero-order valence-electron chi connectivity index (χ0n) is 12.0. The van der Waals surface area contributed by atoms with Crippen molar-refractivity contribution in [3.8, 4) is 5.75 Å². The van der Waals surface area contributed by atoms with E-state index in [4.69, 9.17) is 39.5 Å². The summed E-state index contributed by atoms with van der Waals surface area (Å²) in [5.41, 5.74) is 1.30. The summed E-state index contributed by atoms with van der Waals surface area (Å²) in [6.45, 7) is 3.52. The SMILES string of the molecule is Cc1cc(Cl)ccc1OC(C)C(=O)Nc1cc(Cl)ccc1Cl. The Morgan fingerprint density at radius 1 is 1.09 bits per heavy atom. The van der Waals surface area contributed by atoms with Crippen molar-refractivity contribution in [1.29, 1.82) is 0 Å². The number of hydrogen-bond donors (Lipinski definition) is 1. The summed E-state index contributed by atoms with van der Waals surface area (Å²) < 4.78 is 5.66. The number of nitrogens with one attached hydrogen (secondary N) is 1. The number of carbonyl (C=O) groups excluding carboxylic acids is 1. The number of benzene rings is 2. The Morgan fingerprint density at radius 3 is 2.41 bits per heavy atom. The molecule has 0 aliphatic rings. The lowest BCUT2D eigenvalue weighted by molar-refractivity contribution is -0.122. The lowest BCUT2D eigenvalue weighted by atomic mass is 10.2. The molecular formula is C16H14Cl3NO2. The fourth-order valence-corrected chi connectivity index (χ4v) is 2.38.